The van der Waals surface area contributed by atoms with E-state index in [1.165, 1.54) is 0 Å². The minimum atomic E-state index is -0.125. The lowest BCUT2D eigenvalue weighted by atomic mass is 10.8. The first-order valence-electron chi connectivity index (χ1n) is 1.95. The van der Waals surface area contributed by atoms with E-state index in [9.17, 15) is 0 Å². The van der Waals surface area contributed by atoms with Gasteiger partial charge in [0.15, 0.2) is 0 Å². The van der Waals surface area contributed by atoms with Crippen molar-refractivity contribution in [1.29, 1.82) is 0 Å². The first-order valence-corrected chi connectivity index (χ1v) is 1.95. The summed E-state index contributed by atoms with van der Waals surface area (Å²) in [5.41, 5.74) is 0. The van der Waals surface area contributed by atoms with Crippen LogP contribution in [0.5, 0.6) is 0 Å². The van der Waals surface area contributed by atoms with Crippen molar-refractivity contribution in [3.63, 3.8) is 0 Å². The van der Waals surface area contributed by atoms with Gasteiger partial charge in [0.25, 0.3) is 0 Å². The van der Waals surface area contributed by atoms with Crippen molar-refractivity contribution in [2.45, 2.75) is 0 Å². The fraction of sp³-hybridized carbons (Fsp3) is 1.00. The monoisotopic (exact) mass is 144 g/mol. The van der Waals surface area contributed by atoms with Crippen molar-refractivity contribution in [3.05, 3.63) is 0 Å². The number of aliphatic hydroxyl groups excluding tert-OH is 2. The Labute approximate surface area is 55.7 Å². The lowest BCUT2D eigenvalue weighted by Crippen LogP contribution is -1.85. The minimum Gasteiger partial charge on any atom is -0.394 e. The molecule has 3 nitrogen and oxygen atoms in total. The van der Waals surface area contributed by atoms with Gasteiger partial charge in [0.1, 0.15) is 0 Å². The molecule has 0 aliphatic rings. The van der Waals surface area contributed by atoms with E-state index in [1.54, 1.807) is 14.2 Å². The Bertz CT molecular complexity index is 18.8. The van der Waals surface area contributed by atoms with Crippen molar-refractivity contribution in [2.75, 3.05) is 27.4 Å². The molecule has 0 aliphatic carbocycles. The van der Waals surface area contributed by atoms with Crippen molar-refractivity contribution < 1.29 is 14.9 Å². The summed E-state index contributed by atoms with van der Waals surface area (Å²) in [6, 6.07) is 0. The van der Waals surface area contributed by atoms with Crippen LogP contribution in [0.1, 0.15) is 0 Å². The lowest BCUT2D eigenvalue weighted by molar-refractivity contribution is 0.186. The molecule has 0 bridgehead atoms. The topological polar surface area (TPSA) is 49.7 Å². The third-order valence-corrected chi connectivity index (χ3v) is 0.1000. The zero-order valence-corrected chi connectivity index (χ0v) is 5.94. The highest BCUT2D eigenvalue weighted by atomic mass is 35.5. The van der Waals surface area contributed by atoms with Gasteiger partial charge in [-0.1, -0.05) is 0 Å². The van der Waals surface area contributed by atoms with E-state index in [4.69, 9.17) is 10.2 Å². The van der Waals surface area contributed by atoms with Crippen LogP contribution in [0.2, 0.25) is 0 Å². The molecular formula is C4H13ClO3. The molecule has 0 atom stereocenters. The predicted molar refractivity (Wildman–Crippen MR) is 34.4 cm³/mol. The third-order valence-electron chi connectivity index (χ3n) is 0.1000. The molecule has 2 N–H and O–H groups in total. The summed E-state index contributed by atoms with van der Waals surface area (Å²) in [4.78, 5) is 0. The van der Waals surface area contributed by atoms with Crippen LogP contribution in [0.4, 0.5) is 0 Å². The highest BCUT2D eigenvalue weighted by molar-refractivity contribution is 5.85. The van der Waals surface area contributed by atoms with Crippen molar-refractivity contribution in [1.82, 2.24) is 0 Å². The fourth-order valence-corrected chi connectivity index (χ4v) is 0. The van der Waals surface area contributed by atoms with Crippen LogP contribution in [0.15, 0.2) is 0 Å². The first kappa shape index (κ1) is 15.7. The average Bonchev–Trinajstić information content (AvgIpc) is 1.69. The van der Waals surface area contributed by atoms with Crippen LogP contribution in [-0.2, 0) is 4.74 Å². The van der Waals surface area contributed by atoms with Gasteiger partial charge in [-0.05, 0) is 0 Å². The summed E-state index contributed by atoms with van der Waals surface area (Å²) in [6.45, 7) is -0.250. The maximum Gasteiger partial charge on any atom is 0.0662 e. The molecule has 0 aromatic carbocycles. The van der Waals surface area contributed by atoms with E-state index in [0.717, 1.165) is 0 Å². The van der Waals surface area contributed by atoms with Crippen LogP contribution in [0.25, 0.3) is 0 Å². The zero-order valence-electron chi connectivity index (χ0n) is 5.13. The van der Waals surface area contributed by atoms with Gasteiger partial charge in [0.2, 0.25) is 0 Å². The van der Waals surface area contributed by atoms with Gasteiger partial charge in [-0.25, -0.2) is 0 Å². The van der Waals surface area contributed by atoms with Gasteiger partial charge in [-0.2, -0.15) is 0 Å². The number of ether oxygens (including phenoxy) is 1. The molecule has 0 fully saturated rings. The summed E-state index contributed by atoms with van der Waals surface area (Å²) in [5, 5.41) is 15.2. The second-order valence-corrected chi connectivity index (χ2v) is 0.855. The van der Waals surface area contributed by atoms with Crippen LogP contribution >= 0.6 is 12.4 Å². The molecule has 8 heavy (non-hydrogen) atoms. The van der Waals surface area contributed by atoms with Crippen molar-refractivity contribution in [3.8, 4) is 0 Å². The van der Waals surface area contributed by atoms with E-state index >= 15 is 0 Å². The SMILES string of the molecule is COC.Cl.OCCO. The molecular weight excluding hydrogens is 131 g/mol. The van der Waals surface area contributed by atoms with Gasteiger partial charge < -0.3 is 14.9 Å². The Morgan fingerprint density at radius 3 is 1.25 bits per heavy atom. The van der Waals surface area contributed by atoms with E-state index in [2.05, 4.69) is 4.74 Å². The molecule has 54 valence electrons. The Balaban J connectivity index is -0.0000000575. The summed E-state index contributed by atoms with van der Waals surface area (Å²) >= 11 is 0. The molecule has 0 heterocycles. The Kier molecular flexibility index (Phi) is 53.4. The van der Waals surface area contributed by atoms with Crippen LogP contribution in [0.3, 0.4) is 0 Å². The summed E-state index contributed by atoms with van der Waals surface area (Å²) in [5.74, 6) is 0. The number of rotatable bonds is 1. The molecule has 0 aliphatic heterocycles. The second kappa shape index (κ2) is 27.2. The number of hydrogen-bond acceptors (Lipinski definition) is 3. The number of aliphatic hydroxyl groups is 2. The first-order chi connectivity index (χ1) is 3.33. The Hall–Kier alpha value is 0.170. The predicted octanol–water partition coefficient (Wildman–Crippen LogP) is -0.345. The standard InChI is InChI=1S/C2H6O2.C2H6O.ClH/c3-1-2-4;1-3-2;/h3-4H,1-2H2;1-2H3;1H. The molecule has 0 amide bonds. The van der Waals surface area contributed by atoms with Crippen LogP contribution < -0.4 is 0 Å². The van der Waals surface area contributed by atoms with E-state index in [-0.39, 0.29) is 25.6 Å². The minimum absolute atomic E-state index is 0. The Morgan fingerprint density at radius 1 is 1.12 bits per heavy atom. The number of hydrogen-bond donors (Lipinski definition) is 2. The van der Waals surface area contributed by atoms with E-state index < -0.39 is 0 Å². The number of halogens is 1. The summed E-state index contributed by atoms with van der Waals surface area (Å²) < 4.78 is 4.25. The maximum absolute atomic E-state index is 7.62. The van der Waals surface area contributed by atoms with Crippen molar-refractivity contribution >= 4 is 12.4 Å². The average molecular weight is 145 g/mol. The van der Waals surface area contributed by atoms with E-state index in [1.807, 2.05) is 0 Å². The molecule has 0 saturated heterocycles. The molecule has 0 aromatic rings. The summed E-state index contributed by atoms with van der Waals surface area (Å²) in [7, 11) is 3.25. The van der Waals surface area contributed by atoms with Gasteiger partial charge in [-0.15, -0.1) is 12.4 Å². The van der Waals surface area contributed by atoms with Crippen LogP contribution in [0, 0.1) is 0 Å². The summed E-state index contributed by atoms with van der Waals surface area (Å²) in [6.07, 6.45) is 0. The molecule has 0 unspecified atom stereocenters. The lowest BCUT2D eigenvalue weighted by Gasteiger charge is -1.70. The largest absolute Gasteiger partial charge is 0.394 e. The molecule has 0 aromatic heterocycles. The van der Waals surface area contributed by atoms with Gasteiger partial charge >= 0.3 is 0 Å². The number of methoxy groups -OCH3 is 1. The second-order valence-electron chi connectivity index (χ2n) is 0.855. The quantitative estimate of drug-likeness (QED) is 0.529. The van der Waals surface area contributed by atoms with Crippen LogP contribution in [-0.4, -0.2) is 37.6 Å². The molecule has 0 spiro atoms. The third kappa shape index (κ3) is 120. The molecule has 0 radical (unpaired) electrons. The normalized spacial score (nSPS) is 6.00. The smallest absolute Gasteiger partial charge is 0.0662 e. The Morgan fingerprint density at radius 2 is 1.25 bits per heavy atom. The van der Waals surface area contributed by atoms with E-state index in [0.29, 0.717) is 0 Å². The fourth-order valence-electron chi connectivity index (χ4n) is 0. The van der Waals surface area contributed by atoms with Crippen molar-refractivity contribution in [2.24, 2.45) is 0 Å². The van der Waals surface area contributed by atoms with Gasteiger partial charge in [0, 0.05) is 14.2 Å². The zero-order chi connectivity index (χ0) is 6.12. The highest BCUT2D eigenvalue weighted by Crippen LogP contribution is 1.39. The molecule has 0 saturated carbocycles. The van der Waals surface area contributed by atoms with Gasteiger partial charge in [-0.3, -0.25) is 0 Å². The maximum atomic E-state index is 7.62. The van der Waals surface area contributed by atoms with Gasteiger partial charge in [0.05, 0.1) is 13.2 Å². The highest BCUT2D eigenvalue weighted by Gasteiger charge is 1.58. The molecule has 4 heteroatoms. The molecule has 0 rings (SSSR count).